The molecule has 0 bridgehead atoms. The molecule has 108 valence electrons. The predicted octanol–water partition coefficient (Wildman–Crippen LogP) is 1.07. The molecule has 2 aliphatic heterocycles. The van der Waals surface area contributed by atoms with Crippen LogP contribution in [0.3, 0.4) is 0 Å². The zero-order chi connectivity index (χ0) is 13.1. The average molecular weight is 265 g/mol. The molecule has 0 aromatic heterocycles. The molecule has 2 saturated heterocycles. The molecule has 3 fully saturated rings. The Bertz CT molecular complexity index is 305. The monoisotopic (exact) mass is 265 g/mol. The second-order valence-electron chi connectivity index (χ2n) is 6.35. The van der Waals surface area contributed by atoms with Crippen LogP contribution in [-0.4, -0.2) is 61.0 Å². The lowest BCUT2D eigenvalue weighted by atomic mass is 10.2. The summed E-state index contributed by atoms with van der Waals surface area (Å²) in [5.41, 5.74) is 0. The maximum Gasteiger partial charge on any atom is 0.225 e. The van der Waals surface area contributed by atoms with Gasteiger partial charge in [-0.3, -0.25) is 4.79 Å². The molecule has 0 spiro atoms. The zero-order valence-electron chi connectivity index (χ0n) is 11.9. The Labute approximate surface area is 116 Å². The van der Waals surface area contributed by atoms with Gasteiger partial charge < -0.3 is 15.1 Å². The molecule has 4 heteroatoms. The molecule has 0 aromatic carbocycles. The van der Waals surface area contributed by atoms with Crippen LogP contribution in [0.2, 0.25) is 0 Å². The first-order valence-corrected chi connectivity index (χ1v) is 8.08. The molecule has 1 unspecified atom stereocenters. The van der Waals surface area contributed by atoms with E-state index in [4.69, 9.17) is 0 Å². The number of nitrogens with one attached hydrogen (secondary N) is 1. The van der Waals surface area contributed by atoms with E-state index in [1.54, 1.807) is 0 Å². The summed E-state index contributed by atoms with van der Waals surface area (Å²) < 4.78 is 0. The Balaban J connectivity index is 1.48. The summed E-state index contributed by atoms with van der Waals surface area (Å²) in [5, 5.41) is 3.39. The van der Waals surface area contributed by atoms with Gasteiger partial charge in [-0.15, -0.1) is 0 Å². The topological polar surface area (TPSA) is 35.6 Å². The standard InChI is InChI=1S/C15H27N3O/c19-15(13-4-5-13)18(14-6-7-16-12-14)11-3-10-17-8-1-2-9-17/h13-14,16H,1-12H2. The summed E-state index contributed by atoms with van der Waals surface area (Å²) in [6.07, 6.45) is 7.26. The molecule has 0 aromatic rings. The van der Waals surface area contributed by atoms with Crippen molar-refractivity contribution in [3.05, 3.63) is 0 Å². The van der Waals surface area contributed by atoms with E-state index in [9.17, 15) is 4.79 Å². The number of carbonyl (C=O) groups excluding carboxylic acids is 1. The van der Waals surface area contributed by atoms with E-state index in [0.29, 0.717) is 17.9 Å². The fraction of sp³-hybridized carbons (Fsp3) is 0.933. The predicted molar refractivity (Wildman–Crippen MR) is 76.0 cm³/mol. The van der Waals surface area contributed by atoms with Crippen LogP contribution in [0.1, 0.15) is 38.5 Å². The number of amides is 1. The number of nitrogens with zero attached hydrogens (tertiary/aromatic N) is 2. The van der Waals surface area contributed by atoms with Crippen molar-refractivity contribution in [2.75, 3.05) is 39.3 Å². The highest BCUT2D eigenvalue weighted by molar-refractivity contribution is 5.81. The van der Waals surface area contributed by atoms with Gasteiger partial charge in [0, 0.05) is 25.0 Å². The minimum Gasteiger partial charge on any atom is -0.338 e. The summed E-state index contributed by atoms with van der Waals surface area (Å²) >= 11 is 0. The Morgan fingerprint density at radius 2 is 2.00 bits per heavy atom. The van der Waals surface area contributed by atoms with Gasteiger partial charge in [-0.05, 0) is 64.7 Å². The van der Waals surface area contributed by atoms with Crippen LogP contribution in [0, 0.1) is 5.92 Å². The summed E-state index contributed by atoms with van der Waals surface area (Å²) in [6, 6.07) is 0.465. The first kappa shape index (κ1) is 13.4. The Morgan fingerprint density at radius 1 is 1.21 bits per heavy atom. The highest BCUT2D eigenvalue weighted by atomic mass is 16.2. The minimum absolute atomic E-state index is 0.368. The third-order valence-electron chi connectivity index (χ3n) is 4.76. The molecule has 2 heterocycles. The normalized spacial score (nSPS) is 27.9. The number of carbonyl (C=O) groups is 1. The van der Waals surface area contributed by atoms with Gasteiger partial charge in [-0.1, -0.05) is 0 Å². The molecule has 1 atom stereocenters. The molecule has 3 rings (SSSR count). The molecule has 1 N–H and O–H groups in total. The van der Waals surface area contributed by atoms with E-state index < -0.39 is 0 Å². The van der Waals surface area contributed by atoms with Crippen LogP contribution >= 0.6 is 0 Å². The SMILES string of the molecule is O=C(C1CC1)N(CCCN1CCCC1)C1CCNC1. The van der Waals surface area contributed by atoms with Crippen molar-refractivity contribution in [3.8, 4) is 0 Å². The fourth-order valence-electron chi connectivity index (χ4n) is 3.41. The second kappa shape index (κ2) is 6.23. The van der Waals surface area contributed by atoms with E-state index in [0.717, 1.165) is 45.3 Å². The van der Waals surface area contributed by atoms with Gasteiger partial charge >= 0.3 is 0 Å². The maximum absolute atomic E-state index is 12.4. The quantitative estimate of drug-likeness (QED) is 0.780. The molecule has 4 nitrogen and oxygen atoms in total. The average Bonchev–Trinajstić information content (AvgIpc) is 2.92. The number of likely N-dealkylation sites (tertiary alicyclic amines) is 1. The van der Waals surface area contributed by atoms with E-state index in [1.165, 1.54) is 32.5 Å². The van der Waals surface area contributed by atoms with Gasteiger partial charge in [0.25, 0.3) is 0 Å². The van der Waals surface area contributed by atoms with Crippen molar-refractivity contribution < 1.29 is 4.79 Å². The van der Waals surface area contributed by atoms with Gasteiger partial charge in [-0.25, -0.2) is 0 Å². The molecule has 0 radical (unpaired) electrons. The zero-order valence-corrected chi connectivity index (χ0v) is 11.9. The highest BCUT2D eigenvalue weighted by Crippen LogP contribution is 2.32. The fourth-order valence-corrected chi connectivity index (χ4v) is 3.41. The second-order valence-corrected chi connectivity index (χ2v) is 6.35. The molecule has 1 amide bonds. The smallest absolute Gasteiger partial charge is 0.225 e. The highest BCUT2D eigenvalue weighted by Gasteiger charge is 2.36. The van der Waals surface area contributed by atoms with Crippen LogP contribution in [-0.2, 0) is 4.79 Å². The summed E-state index contributed by atoms with van der Waals surface area (Å²) in [7, 11) is 0. The van der Waals surface area contributed by atoms with Crippen molar-refractivity contribution in [1.82, 2.24) is 15.1 Å². The largest absolute Gasteiger partial charge is 0.338 e. The van der Waals surface area contributed by atoms with Crippen LogP contribution in [0.5, 0.6) is 0 Å². The third kappa shape index (κ3) is 3.48. The van der Waals surface area contributed by atoms with E-state index in [2.05, 4.69) is 15.1 Å². The van der Waals surface area contributed by atoms with Crippen molar-refractivity contribution in [3.63, 3.8) is 0 Å². The van der Waals surface area contributed by atoms with E-state index >= 15 is 0 Å². The lowest BCUT2D eigenvalue weighted by molar-refractivity contribution is -0.134. The van der Waals surface area contributed by atoms with Gasteiger partial charge in [-0.2, -0.15) is 0 Å². The Hall–Kier alpha value is -0.610. The van der Waals surface area contributed by atoms with Crippen LogP contribution in [0.25, 0.3) is 0 Å². The molecular formula is C15H27N3O. The van der Waals surface area contributed by atoms with Crippen molar-refractivity contribution >= 4 is 5.91 Å². The van der Waals surface area contributed by atoms with Crippen molar-refractivity contribution in [2.45, 2.75) is 44.6 Å². The summed E-state index contributed by atoms with van der Waals surface area (Å²) in [6.45, 7) is 6.75. The van der Waals surface area contributed by atoms with Crippen LogP contribution in [0.4, 0.5) is 0 Å². The number of hydrogen-bond donors (Lipinski definition) is 1. The number of hydrogen-bond acceptors (Lipinski definition) is 3. The maximum atomic E-state index is 12.4. The van der Waals surface area contributed by atoms with Crippen molar-refractivity contribution in [1.29, 1.82) is 0 Å². The lowest BCUT2D eigenvalue weighted by Gasteiger charge is -2.29. The Morgan fingerprint density at radius 3 is 2.63 bits per heavy atom. The Kier molecular flexibility index (Phi) is 4.38. The van der Waals surface area contributed by atoms with E-state index in [1.807, 2.05) is 0 Å². The number of rotatable bonds is 6. The van der Waals surface area contributed by atoms with Gasteiger partial charge in [0.05, 0.1) is 0 Å². The summed E-state index contributed by atoms with van der Waals surface area (Å²) in [4.78, 5) is 17.2. The van der Waals surface area contributed by atoms with Crippen molar-refractivity contribution in [2.24, 2.45) is 5.92 Å². The van der Waals surface area contributed by atoms with Gasteiger partial charge in [0.1, 0.15) is 0 Å². The molecule has 1 saturated carbocycles. The van der Waals surface area contributed by atoms with Crippen LogP contribution < -0.4 is 5.32 Å². The molecule has 19 heavy (non-hydrogen) atoms. The van der Waals surface area contributed by atoms with Gasteiger partial charge in [0.2, 0.25) is 5.91 Å². The van der Waals surface area contributed by atoms with E-state index in [-0.39, 0.29) is 0 Å². The molecular weight excluding hydrogens is 238 g/mol. The third-order valence-corrected chi connectivity index (χ3v) is 4.76. The summed E-state index contributed by atoms with van der Waals surface area (Å²) in [5.74, 6) is 0.808. The van der Waals surface area contributed by atoms with Crippen LogP contribution in [0.15, 0.2) is 0 Å². The molecule has 1 aliphatic carbocycles. The lowest BCUT2D eigenvalue weighted by Crippen LogP contribution is -2.43. The first-order chi connectivity index (χ1) is 9.34. The molecule has 3 aliphatic rings. The van der Waals surface area contributed by atoms with Gasteiger partial charge in [0.15, 0.2) is 0 Å². The minimum atomic E-state index is 0.368. The first-order valence-electron chi connectivity index (χ1n) is 8.08.